The number of carboxylic acid groups (broad SMARTS) is 1. The number of hydrogen-bond donors (Lipinski definition) is 1. The predicted octanol–water partition coefficient (Wildman–Crippen LogP) is 1.12. The second-order valence-electron chi connectivity index (χ2n) is 4.17. The second kappa shape index (κ2) is 5.14. The third kappa shape index (κ3) is 2.74. The molecule has 0 bridgehead atoms. The van der Waals surface area contributed by atoms with Gasteiger partial charge in [0.2, 0.25) is 0 Å². The summed E-state index contributed by atoms with van der Waals surface area (Å²) in [5, 5.41) is 8.85. The van der Waals surface area contributed by atoms with Gasteiger partial charge in [0, 0.05) is 12.8 Å². The fourth-order valence-corrected chi connectivity index (χ4v) is 2.01. The van der Waals surface area contributed by atoms with Gasteiger partial charge in [-0.15, -0.1) is 0 Å². The number of carboxylic acids is 1. The van der Waals surface area contributed by atoms with Crippen molar-refractivity contribution in [3.63, 3.8) is 0 Å². The Hall–Kier alpha value is -1.62. The van der Waals surface area contributed by atoms with E-state index in [1.807, 2.05) is 0 Å². The number of hydrogen-bond acceptors (Lipinski definition) is 3. The smallest absolute Gasteiger partial charge is 0.341 e. The first-order chi connectivity index (χ1) is 8.18. The highest BCUT2D eigenvalue weighted by Gasteiger charge is 2.16. The molecule has 0 amide bonds. The maximum absolute atomic E-state index is 11.8. The summed E-state index contributed by atoms with van der Waals surface area (Å²) in [6.45, 7) is 1.15. The van der Waals surface area contributed by atoms with Crippen LogP contribution in [0.4, 0.5) is 0 Å². The quantitative estimate of drug-likeness (QED) is 0.855. The van der Waals surface area contributed by atoms with Gasteiger partial charge in [0.05, 0.1) is 12.6 Å². The molecule has 0 radical (unpaired) electrons. The average molecular weight is 237 g/mol. The number of pyridine rings is 1. The molecule has 1 unspecified atom stereocenters. The predicted molar refractivity (Wildman–Crippen MR) is 61.3 cm³/mol. The van der Waals surface area contributed by atoms with Crippen LogP contribution in [-0.2, 0) is 11.3 Å². The number of rotatable bonds is 3. The lowest BCUT2D eigenvalue weighted by Gasteiger charge is -2.23. The molecule has 1 aliphatic rings. The molecule has 0 aliphatic carbocycles. The Balaban J connectivity index is 2.18. The summed E-state index contributed by atoms with van der Waals surface area (Å²) >= 11 is 0. The molecule has 1 aromatic rings. The molecule has 1 fully saturated rings. The van der Waals surface area contributed by atoms with E-state index >= 15 is 0 Å². The number of ether oxygens (including phenoxy) is 1. The Morgan fingerprint density at radius 1 is 1.53 bits per heavy atom. The molecule has 17 heavy (non-hydrogen) atoms. The minimum absolute atomic E-state index is 0.0190. The van der Waals surface area contributed by atoms with Crippen molar-refractivity contribution in [3.05, 3.63) is 34.2 Å². The van der Waals surface area contributed by atoms with Crippen LogP contribution in [0.3, 0.4) is 0 Å². The molecule has 5 heteroatoms. The third-order valence-corrected chi connectivity index (χ3v) is 2.92. The lowest BCUT2D eigenvalue weighted by Crippen LogP contribution is -2.32. The largest absolute Gasteiger partial charge is 0.477 e. The molecule has 1 atom stereocenters. The van der Waals surface area contributed by atoms with Crippen molar-refractivity contribution in [2.24, 2.45) is 0 Å². The molecule has 1 aromatic heterocycles. The highest BCUT2D eigenvalue weighted by molar-refractivity contribution is 5.86. The molecule has 1 saturated heterocycles. The first-order valence-electron chi connectivity index (χ1n) is 5.73. The van der Waals surface area contributed by atoms with Crippen molar-refractivity contribution in [2.45, 2.75) is 31.9 Å². The van der Waals surface area contributed by atoms with Crippen LogP contribution in [0.25, 0.3) is 0 Å². The van der Waals surface area contributed by atoms with E-state index in [2.05, 4.69) is 0 Å². The van der Waals surface area contributed by atoms with Crippen LogP contribution in [0, 0.1) is 0 Å². The molecule has 0 spiro atoms. The van der Waals surface area contributed by atoms with Gasteiger partial charge in [0.15, 0.2) is 0 Å². The van der Waals surface area contributed by atoms with Gasteiger partial charge >= 0.3 is 5.97 Å². The van der Waals surface area contributed by atoms with Crippen LogP contribution in [0.5, 0.6) is 0 Å². The molecule has 1 N–H and O–H groups in total. The van der Waals surface area contributed by atoms with Gasteiger partial charge in [-0.25, -0.2) is 4.79 Å². The lowest BCUT2D eigenvalue weighted by molar-refractivity contribution is 0.00533. The van der Waals surface area contributed by atoms with E-state index < -0.39 is 11.5 Å². The van der Waals surface area contributed by atoms with E-state index in [-0.39, 0.29) is 11.7 Å². The molecule has 0 aromatic carbocycles. The summed E-state index contributed by atoms with van der Waals surface area (Å²) in [5.74, 6) is -1.19. The maximum atomic E-state index is 11.8. The molecular weight excluding hydrogens is 222 g/mol. The van der Waals surface area contributed by atoms with Crippen LogP contribution in [-0.4, -0.2) is 28.4 Å². The number of aromatic carboxylic acids is 1. The minimum atomic E-state index is -1.19. The molecule has 5 nitrogen and oxygen atoms in total. The third-order valence-electron chi connectivity index (χ3n) is 2.92. The van der Waals surface area contributed by atoms with E-state index in [1.165, 1.54) is 10.6 Å². The van der Waals surface area contributed by atoms with Gasteiger partial charge in [-0.3, -0.25) is 4.79 Å². The second-order valence-corrected chi connectivity index (χ2v) is 4.17. The van der Waals surface area contributed by atoms with Gasteiger partial charge in [0.1, 0.15) is 5.56 Å². The standard InChI is InChI=1S/C12H15NO4/c14-11-10(12(15)16)5-3-6-13(11)8-9-4-1-2-7-17-9/h3,5-6,9H,1-2,4,7-8H2,(H,15,16). The van der Waals surface area contributed by atoms with Crippen LogP contribution in [0.2, 0.25) is 0 Å². The minimum Gasteiger partial charge on any atom is -0.477 e. The average Bonchev–Trinajstić information content (AvgIpc) is 2.33. The summed E-state index contributed by atoms with van der Waals surface area (Å²) in [7, 11) is 0. The highest BCUT2D eigenvalue weighted by Crippen LogP contribution is 2.13. The summed E-state index contributed by atoms with van der Waals surface area (Å²) in [5.41, 5.74) is -0.655. The number of aromatic nitrogens is 1. The molecule has 0 saturated carbocycles. The van der Waals surface area contributed by atoms with Gasteiger partial charge in [0.25, 0.3) is 5.56 Å². The molecule has 1 aliphatic heterocycles. The monoisotopic (exact) mass is 237 g/mol. The van der Waals surface area contributed by atoms with Crippen molar-refractivity contribution in [2.75, 3.05) is 6.61 Å². The van der Waals surface area contributed by atoms with Crippen LogP contribution < -0.4 is 5.56 Å². The topological polar surface area (TPSA) is 68.5 Å². The van der Waals surface area contributed by atoms with Crippen molar-refractivity contribution in [1.29, 1.82) is 0 Å². The summed E-state index contributed by atoms with van der Waals surface area (Å²) < 4.78 is 6.95. The first kappa shape index (κ1) is 11.9. The van der Waals surface area contributed by atoms with Gasteiger partial charge in [-0.05, 0) is 31.4 Å². The summed E-state index contributed by atoms with van der Waals surface area (Å²) in [4.78, 5) is 22.6. The Morgan fingerprint density at radius 3 is 3.00 bits per heavy atom. The van der Waals surface area contributed by atoms with Gasteiger partial charge < -0.3 is 14.4 Å². The maximum Gasteiger partial charge on any atom is 0.341 e. The van der Waals surface area contributed by atoms with E-state index in [0.717, 1.165) is 25.9 Å². The van der Waals surface area contributed by atoms with Gasteiger partial charge in [-0.1, -0.05) is 0 Å². The zero-order chi connectivity index (χ0) is 12.3. The summed E-state index contributed by atoms with van der Waals surface area (Å²) in [6, 6.07) is 2.90. The summed E-state index contributed by atoms with van der Waals surface area (Å²) in [6.07, 6.45) is 4.69. The Labute approximate surface area is 98.6 Å². The SMILES string of the molecule is O=C(O)c1cccn(CC2CCCCO2)c1=O. The Morgan fingerprint density at radius 2 is 2.35 bits per heavy atom. The van der Waals surface area contributed by atoms with Crippen molar-refractivity contribution in [3.8, 4) is 0 Å². The van der Waals surface area contributed by atoms with Crippen LogP contribution in [0.15, 0.2) is 23.1 Å². The number of nitrogens with zero attached hydrogens (tertiary/aromatic N) is 1. The molecule has 2 rings (SSSR count). The fourth-order valence-electron chi connectivity index (χ4n) is 2.01. The van der Waals surface area contributed by atoms with E-state index in [4.69, 9.17) is 9.84 Å². The molecular formula is C12H15NO4. The van der Waals surface area contributed by atoms with Crippen molar-refractivity contribution < 1.29 is 14.6 Å². The lowest BCUT2D eigenvalue weighted by atomic mass is 10.1. The fraction of sp³-hybridized carbons (Fsp3) is 0.500. The zero-order valence-corrected chi connectivity index (χ0v) is 9.46. The molecule has 2 heterocycles. The zero-order valence-electron chi connectivity index (χ0n) is 9.46. The van der Waals surface area contributed by atoms with Crippen LogP contribution in [0.1, 0.15) is 29.6 Å². The highest BCUT2D eigenvalue weighted by atomic mass is 16.5. The molecule has 92 valence electrons. The van der Waals surface area contributed by atoms with Gasteiger partial charge in [-0.2, -0.15) is 0 Å². The van der Waals surface area contributed by atoms with Crippen molar-refractivity contribution >= 4 is 5.97 Å². The van der Waals surface area contributed by atoms with E-state index in [0.29, 0.717) is 6.54 Å². The number of carbonyl (C=O) groups is 1. The normalized spacial score (nSPS) is 20.1. The first-order valence-corrected chi connectivity index (χ1v) is 5.73. The van der Waals surface area contributed by atoms with E-state index in [1.54, 1.807) is 12.3 Å². The Bertz CT molecular complexity index is 460. The van der Waals surface area contributed by atoms with Crippen molar-refractivity contribution in [1.82, 2.24) is 4.57 Å². The Kier molecular flexibility index (Phi) is 3.58. The van der Waals surface area contributed by atoms with E-state index in [9.17, 15) is 9.59 Å². The van der Waals surface area contributed by atoms with Crippen LogP contribution >= 0.6 is 0 Å².